The summed E-state index contributed by atoms with van der Waals surface area (Å²) in [6.07, 6.45) is 0. The summed E-state index contributed by atoms with van der Waals surface area (Å²) in [5.74, 6) is 1.44. The van der Waals surface area contributed by atoms with Crippen LogP contribution in [0.1, 0.15) is 24.1 Å². The fourth-order valence-corrected chi connectivity index (χ4v) is 2.40. The molecule has 0 unspecified atom stereocenters. The SMILES string of the molecule is COc1ccc(Cl)cc1COc1ccc(Cl)cc1[C@@H](C)N. The maximum Gasteiger partial charge on any atom is 0.125 e. The molecule has 0 amide bonds. The van der Waals surface area contributed by atoms with Gasteiger partial charge in [-0.2, -0.15) is 0 Å². The summed E-state index contributed by atoms with van der Waals surface area (Å²) < 4.78 is 11.2. The predicted molar refractivity (Wildman–Crippen MR) is 86.4 cm³/mol. The molecule has 2 aromatic rings. The van der Waals surface area contributed by atoms with Gasteiger partial charge in [-0.3, -0.25) is 0 Å². The third kappa shape index (κ3) is 4.03. The van der Waals surface area contributed by atoms with Crippen molar-refractivity contribution < 1.29 is 9.47 Å². The van der Waals surface area contributed by atoms with E-state index in [9.17, 15) is 0 Å². The summed E-state index contributed by atoms with van der Waals surface area (Å²) >= 11 is 12.0. The largest absolute Gasteiger partial charge is 0.496 e. The first-order chi connectivity index (χ1) is 10.0. The molecule has 0 aromatic heterocycles. The van der Waals surface area contributed by atoms with Crippen LogP contribution in [0, 0.1) is 0 Å². The third-order valence-electron chi connectivity index (χ3n) is 3.09. The second-order valence-corrected chi connectivity index (χ2v) is 5.59. The second kappa shape index (κ2) is 7.03. The summed E-state index contributed by atoms with van der Waals surface area (Å²) in [5.41, 5.74) is 7.68. The predicted octanol–water partition coefficient (Wildman–Crippen LogP) is 4.60. The van der Waals surface area contributed by atoms with Crippen LogP contribution in [-0.4, -0.2) is 7.11 Å². The summed E-state index contributed by atoms with van der Waals surface area (Å²) in [6.45, 7) is 2.23. The highest BCUT2D eigenvalue weighted by atomic mass is 35.5. The second-order valence-electron chi connectivity index (χ2n) is 4.72. The Morgan fingerprint density at radius 2 is 1.67 bits per heavy atom. The van der Waals surface area contributed by atoms with Gasteiger partial charge in [0.2, 0.25) is 0 Å². The highest BCUT2D eigenvalue weighted by Gasteiger charge is 2.11. The number of ether oxygens (including phenoxy) is 2. The van der Waals surface area contributed by atoms with Gasteiger partial charge in [0, 0.05) is 27.2 Å². The van der Waals surface area contributed by atoms with E-state index >= 15 is 0 Å². The average Bonchev–Trinajstić information content (AvgIpc) is 2.46. The molecule has 0 saturated heterocycles. The minimum Gasteiger partial charge on any atom is -0.496 e. The van der Waals surface area contributed by atoms with E-state index in [0.29, 0.717) is 22.4 Å². The van der Waals surface area contributed by atoms with Crippen molar-refractivity contribution in [3.8, 4) is 11.5 Å². The zero-order valence-electron chi connectivity index (χ0n) is 11.9. The molecular formula is C16H17Cl2NO2. The van der Waals surface area contributed by atoms with Crippen LogP contribution >= 0.6 is 23.2 Å². The van der Waals surface area contributed by atoms with Gasteiger partial charge < -0.3 is 15.2 Å². The number of rotatable bonds is 5. The maximum atomic E-state index is 6.01. The van der Waals surface area contributed by atoms with Crippen molar-refractivity contribution in [3.63, 3.8) is 0 Å². The van der Waals surface area contributed by atoms with Crippen LogP contribution < -0.4 is 15.2 Å². The first kappa shape index (κ1) is 16.0. The molecule has 0 heterocycles. The van der Waals surface area contributed by atoms with Crippen molar-refractivity contribution in [2.75, 3.05) is 7.11 Å². The maximum absolute atomic E-state index is 6.01. The van der Waals surface area contributed by atoms with Crippen LogP contribution in [0.25, 0.3) is 0 Å². The van der Waals surface area contributed by atoms with E-state index in [-0.39, 0.29) is 6.04 Å². The Bertz CT molecular complexity index is 630. The molecular weight excluding hydrogens is 309 g/mol. The molecule has 0 saturated carbocycles. The molecule has 2 N–H and O–H groups in total. The molecule has 1 atom stereocenters. The highest BCUT2D eigenvalue weighted by Crippen LogP contribution is 2.29. The number of halogens is 2. The highest BCUT2D eigenvalue weighted by molar-refractivity contribution is 6.31. The van der Waals surface area contributed by atoms with Gasteiger partial charge in [0.05, 0.1) is 7.11 Å². The Kier molecular flexibility index (Phi) is 5.34. The minimum absolute atomic E-state index is 0.167. The summed E-state index contributed by atoms with van der Waals surface area (Å²) in [6, 6.07) is 10.7. The molecule has 5 heteroatoms. The molecule has 0 aliphatic heterocycles. The molecule has 0 spiro atoms. The smallest absolute Gasteiger partial charge is 0.125 e. The van der Waals surface area contributed by atoms with Crippen molar-refractivity contribution in [1.82, 2.24) is 0 Å². The molecule has 0 aliphatic rings. The topological polar surface area (TPSA) is 44.5 Å². The van der Waals surface area contributed by atoms with Crippen LogP contribution in [0.5, 0.6) is 11.5 Å². The molecule has 21 heavy (non-hydrogen) atoms. The number of hydrogen-bond donors (Lipinski definition) is 1. The summed E-state index contributed by atoms with van der Waals surface area (Å²) in [5, 5.41) is 1.27. The third-order valence-corrected chi connectivity index (χ3v) is 3.56. The van der Waals surface area contributed by atoms with Gasteiger partial charge in [-0.05, 0) is 43.3 Å². The lowest BCUT2D eigenvalue weighted by Crippen LogP contribution is -2.08. The molecule has 2 aromatic carbocycles. The van der Waals surface area contributed by atoms with Gasteiger partial charge in [-0.25, -0.2) is 0 Å². The van der Waals surface area contributed by atoms with Gasteiger partial charge in [-0.15, -0.1) is 0 Å². The van der Waals surface area contributed by atoms with Crippen LogP contribution in [-0.2, 0) is 6.61 Å². The van der Waals surface area contributed by atoms with Crippen molar-refractivity contribution in [2.45, 2.75) is 19.6 Å². The van der Waals surface area contributed by atoms with E-state index < -0.39 is 0 Å². The lowest BCUT2D eigenvalue weighted by Gasteiger charge is -2.15. The fraction of sp³-hybridized carbons (Fsp3) is 0.250. The van der Waals surface area contributed by atoms with Crippen molar-refractivity contribution >= 4 is 23.2 Å². The Balaban J connectivity index is 2.22. The standard InChI is InChI=1S/C16H17Cl2NO2/c1-10(19)14-8-13(18)4-6-16(14)21-9-11-7-12(17)3-5-15(11)20-2/h3-8,10H,9,19H2,1-2H3/t10-/m1/s1. The Morgan fingerprint density at radius 3 is 2.29 bits per heavy atom. The molecule has 0 aliphatic carbocycles. The summed E-state index contributed by atoms with van der Waals surface area (Å²) in [4.78, 5) is 0. The zero-order chi connectivity index (χ0) is 15.4. The molecule has 3 nitrogen and oxygen atoms in total. The summed E-state index contributed by atoms with van der Waals surface area (Å²) in [7, 11) is 1.61. The van der Waals surface area contributed by atoms with E-state index in [2.05, 4.69) is 0 Å². The number of methoxy groups -OCH3 is 1. The number of hydrogen-bond acceptors (Lipinski definition) is 3. The Morgan fingerprint density at radius 1 is 1.05 bits per heavy atom. The van der Waals surface area contributed by atoms with E-state index in [0.717, 1.165) is 16.9 Å². The minimum atomic E-state index is -0.167. The van der Waals surface area contributed by atoms with Gasteiger partial charge in [0.1, 0.15) is 18.1 Å². The monoisotopic (exact) mass is 325 g/mol. The first-order valence-corrected chi connectivity index (χ1v) is 7.27. The molecule has 2 rings (SSSR count). The van der Waals surface area contributed by atoms with E-state index in [1.54, 1.807) is 19.2 Å². The van der Waals surface area contributed by atoms with E-state index in [1.165, 1.54) is 0 Å². The molecule has 0 fully saturated rings. The van der Waals surface area contributed by atoms with E-state index in [1.807, 2.05) is 31.2 Å². The Labute approximate surface area is 134 Å². The van der Waals surface area contributed by atoms with Gasteiger partial charge in [0.25, 0.3) is 0 Å². The van der Waals surface area contributed by atoms with Crippen LogP contribution in [0.4, 0.5) is 0 Å². The first-order valence-electron chi connectivity index (χ1n) is 6.51. The van der Waals surface area contributed by atoms with Gasteiger partial charge >= 0.3 is 0 Å². The quantitative estimate of drug-likeness (QED) is 0.873. The lowest BCUT2D eigenvalue weighted by atomic mass is 10.1. The molecule has 112 valence electrons. The lowest BCUT2D eigenvalue weighted by molar-refractivity contribution is 0.292. The van der Waals surface area contributed by atoms with Crippen LogP contribution in [0.15, 0.2) is 36.4 Å². The van der Waals surface area contributed by atoms with Crippen LogP contribution in [0.3, 0.4) is 0 Å². The van der Waals surface area contributed by atoms with Crippen LogP contribution in [0.2, 0.25) is 10.0 Å². The fourth-order valence-electron chi connectivity index (χ4n) is 2.02. The van der Waals surface area contributed by atoms with Crippen molar-refractivity contribution in [3.05, 3.63) is 57.6 Å². The normalized spacial score (nSPS) is 12.0. The van der Waals surface area contributed by atoms with Gasteiger partial charge in [0.15, 0.2) is 0 Å². The Hall–Kier alpha value is -1.42. The number of nitrogens with two attached hydrogens (primary N) is 1. The average molecular weight is 326 g/mol. The number of benzene rings is 2. The molecule has 0 bridgehead atoms. The van der Waals surface area contributed by atoms with Gasteiger partial charge in [-0.1, -0.05) is 23.2 Å². The van der Waals surface area contributed by atoms with Crippen molar-refractivity contribution in [1.29, 1.82) is 0 Å². The molecule has 0 radical (unpaired) electrons. The van der Waals surface area contributed by atoms with Crippen molar-refractivity contribution in [2.24, 2.45) is 5.73 Å². The zero-order valence-corrected chi connectivity index (χ0v) is 13.4. The van der Waals surface area contributed by atoms with E-state index in [4.69, 9.17) is 38.4 Å².